The van der Waals surface area contributed by atoms with Gasteiger partial charge in [-0.05, 0) is 37.3 Å². The van der Waals surface area contributed by atoms with E-state index in [0.29, 0.717) is 22.2 Å². The first-order chi connectivity index (χ1) is 11.0. The molecule has 1 heterocycles. The summed E-state index contributed by atoms with van der Waals surface area (Å²) in [5, 5.41) is 3.24. The van der Waals surface area contributed by atoms with E-state index in [0.717, 1.165) is 0 Å². The maximum absolute atomic E-state index is 12.4. The zero-order chi connectivity index (χ0) is 16.4. The van der Waals surface area contributed by atoms with Gasteiger partial charge in [-0.15, -0.1) is 0 Å². The number of para-hydroxylation sites is 1. The number of hydrogen-bond donors (Lipinski definition) is 2. The Morgan fingerprint density at radius 2 is 1.74 bits per heavy atom. The monoisotopic (exact) mass is 307 g/mol. The van der Waals surface area contributed by atoms with Gasteiger partial charge in [-0.25, -0.2) is 4.79 Å². The van der Waals surface area contributed by atoms with E-state index < -0.39 is 11.6 Å². The van der Waals surface area contributed by atoms with Gasteiger partial charge in [-0.1, -0.05) is 18.2 Å². The Hall–Kier alpha value is -3.28. The molecule has 0 radical (unpaired) electrons. The van der Waals surface area contributed by atoms with Crippen molar-refractivity contribution in [2.45, 2.75) is 6.92 Å². The average Bonchev–Trinajstić information content (AvgIpc) is 2.54. The first kappa shape index (κ1) is 14.6. The van der Waals surface area contributed by atoms with Crippen LogP contribution in [-0.2, 0) is 0 Å². The van der Waals surface area contributed by atoms with Crippen LogP contribution >= 0.6 is 0 Å². The lowest BCUT2D eigenvalue weighted by atomic mass is 10.1. The van der Waals surface area contributed by atoms with E-state index in [1.54, 1.807) is 48.5 Å². The Labute approximate surface area is 131 Å². The van der Waals surface area contributed by atoms with E-state index in [-0.39, 0.29) is 11.5 Å². The third-order valence-corrected chi connectivity index (χ3v) is 3.40. The molecule has 0 aliphatic heterocycles. The number of hydrogen-bond acceptors (Lipinski definition) is 4. The second-order valence-corrected chi connectivity index (χ2v) is 5.02. The van der Waals surface area contributed by atoms with Gasteiger partial charge in [0.05, 0.1) is 5.52 Å². The van der Waals surface area contributed by atoms with Crippen LogP contribution in [0.1, 0.15) is 27.8 Å². The third-order valence-electron chi connectivity index (χ3n) is 3.40. The third kappa shape index (κ3) is 3.01. The van der Waals surface area contributed by atoms with Gasteiger partial charge in [0.15, 0.2) is 5.78 Å². The molecule has 0 fully saturated rings. The smallest absolute Gasteiger partial charge is 0.321 e. The van der Waals surface area contributed by atoms with Gasteiger partial charge < -0.3 is 10.3 Å². The van der Waals surface area contributed by atoms with Crippen molar-refractivity contribution in [2.24, 2.45) is 0 Å². The number of Topliss-reactive ketones (excluding diaryl/α,β-unsaturated/α-hetero) is 1. The highest BCUT2D eigenvalue weighted by Crippen LogP contribution is 2.15. The molecule has 6 heteroatoms. The molecule has 3 rings (SSSR count). The topological polar surface area (TPSA) is 91.9 Å². The quantitative estimate of drug-likeness (QED) is 0.727. The van der Waals surface area contributed by atoms with Crippen molar-refractivity contribution in [3.05, 3.63) is 70.3 Å². The second-order valence-electron chi connectivity index (χ2n) is 5.02. The Bertz CT molecular complexity index is 959. The molecule has 0 bridgehead atoms. The van der Waals surface area contributed by atoms with Crippen molar-refractivity contribution in [1.29, 1.82) is 0 Å². The number of aromatic nitrogens is 2. The summed E-state index contributed by atoms with van der Waals surface area (Å²) in [6.45, 7) is 1.47. The number of fused-ring (bicyclic) bond motifs is 1. The summed E-state index contributed by atoms with van der Waals surface area (Å²) in [6.07, 6.45) is 0. The molecular weight excluding hydrogens is 294 g/mol. The maximum Gasteiger partial charge on any atom is 0.346 e. The molecule has 0 atom stereocenters. The number of nitrogens with zero attached hydrogens (tertiary/aromatic N) is 1. The number of ketones is 1. The minimum atomic E-state index is -0.583. The predicted molar refractivity (Wildman–Crippen MR) is 86.8 cm³/mol. The lowest BCUT2D eigenvalue weighted by Gasteiger charge is -2.07. The van der Waals surface area contributed by atoms with E-state index in [4.69, 9.17) is 0 Å². The first-order valence-corrected chi connectivity index (χ1v) is 6.96. The van der Waals surface area contributed by atoms with Gasteiger partial charge >= 0.3 is 5.69 Å². The Morgan fingerprint density at radius 3 is 2.43 bits per heavy atom. The molecule has 0 aliphatic carbocycles. The molecular formula is C17H13N3O3. The summed E-state index contributed by atoms with van der Waals surface area (Å²) >= 11 is 0. The first-order valence-electron chi connectivity index (χ1n) is 6.96. The molecule has 0 spiro atoms. The molecule has 6 nitrogen and oxygen atoms in total. The summed E-state index contributed by atoms with van der Waals surface area (Å²) in [5.41, 5.74) is 1.10. The maximum atomic E-state index is 12.4. The number of carbonyl (C=O) groups excluding carboxylic acids is 2. The molecule has 1 aromatic heterocycles. The van der Waals surface area contributed by atoms with Gasteiger partial charge in [0, 0.05) is 16.6 Å². The molecule has 114 valence electrons. The van der Waals surface area contributed by atoms with Crippen molar-refractivity contribution in [1.82, 2.24) is 9.97 Å². The molecule has 3 aromatic rings. The molecule has 0 saturated carbocycles. The minimum absolute atomic E-state index is 0.0508. The number of H-pyrrole nitrogens is 1. The molecule has 0 aliphatic rings. The number of rotatable bonds is 3. The van der Waals surface area contributed by atoms with Crippen molar-refractivity contribution in [3.63, 3.8) is 0 Å². The molecule has 1 amide bonds. The summed E-state index contributed by atoms with van der Waals surface area (Å²) in [6, 6.07) is 13.5. The van der Waals surface area contributed by atoms with Crippen molar-refractivity contribution < 1.29 is 9.59 Å². The van der Waals surface area contributed by atoms with Crippen molar-refractivity contribution in [2.75, 3.05) is 5.32 Å². The highest BCUT2D eigenvalue weighted by Gasteiger charge is 2.13. The number of anilines is 1. The summed E-state index contributed by atoms with van der Waals surface area (Å²) in [5.74, 6) is -0.534. The summed E-state index contributed by atoms with van der Waals surface area (Å²) < 4.78 is 0. The van der Waals surface area contributed by atoms with Crippen LogP contribution in [-0.4, -0.2) is 21.7 Å². The molecule has 23 heavy (non-hydrogen) atoms. The zero-order valence-corrected chi connectivity index (χ0v) is 12.3. The molecule has 2 aromatic carbocycles. The van der Waals surface area contributed by atoms with Gasteiger partial charge in [0.25, 0.3) is 5.91 Å². The van der Waals surface area contributed by atoms with Gasteiger partial charge in [0.2, 0.25) is 0 Å². The van der Waals surface area contributed by atoms with Crippen LogP contribution in [0.25, 0.3) is 10.9 Å². The second kappa shape index (κ2) is 5.84. The number of aromatic amines is 1. The lowest BCUT2D eigenvalue weighted by molar-refractivity contribution is 0.101. The number of benzene rings is 2. The van der Waals surface area contributed by atoms with Gasteiger partial charge in [-0.2, -0.15) is 4.98 Å². The normalized spacial score (nSPS) is 10.5. The van der Waals surface area contributed by atoms with Crippen LogP contribution in [0.5, 0.6) is 0 Å². The van der Waals surface area contributed by atoms with E-state index >= 15 is 0 Å². The largest absolute Gasteiger partial charge is 0.346 e. The molecule has 0 saturated heterocycles. The minimum Gasteiger partial charge on any atom is -0.321 e. The van der Waals surface area contributed by atoms with E-state index in [1.807, 2.05) is 0 Å². The van der Waals surface area contributed by atoms with Crippen LogP contribution in [0, 0.1) is 0 Å². The van der Waals surface area contributed by atoms with Gasteiger partial charge in [-0.3, -0.25) is 9.59 Å². The zero-order valence-electron chi connectivity index (χ0n) is 12.3. The van der Waals surface area contributed by atoms with Crippen LogP contribution in [0.4, 0.5) is 5.69 Å². The number of nitrogens with one attached hydrogen (secondary N) is 2. The fourth-order valence-electron chi connectivity index (χ4n) is 2.26. The number of carbonyl (C=O) groups is 2. The van der Waals surface area contributed by atoms with Crippen LogP contribution in [0.2, 0.25) is 0 Å². The van der Waals surface area contributed by atoms with Crippen molar-refractivity contribution >= 4 is 28.3 Å². The van der Waals surface area contributed by atoms with Gasteiger partial charge in [0.1, 0.15) is 5.69 Å². The molecule has 0 unspecified atom stereocenters. The van der Waals surface area contributed by atoms with Crippen LogP contribution in [0.3, 0.4) is 0 Å². The van der Waals surface area contributed by atoms with Crippen LogP contribution in [0.15, 0.2) is 53.3 Å². The summed E-state index contributed by atoms with van der Waals surface area (Å²) in [7, 11) is 0. The highest BCUT2D eigenvalue weighted by atomic mass is 16.2. The van der Waals surface area contributed by atoms with E-state index in [9.17, 15) is 14.4 Å². The Kier molecular flexibility index (Phi) is 3.72. The fourth-order valence-corrected chi connectivity index (χ4v) is 2.26. The SMILES string of the molecule is CC(=O)c1ccc(NC(=O)c2nc(=O)[nH]c3ccccc23)cc1. The lowest BCUT2D eigenvalue weighted by Crippen LogP contribution is -2.21. The summed E-state index contributed by atoms with van der Waals surface area (Å²) in [4.78, 5) is 41.6. The fraction of sp³-hybridized carbons (Fsp3) is 0.0588. The average molecular weight is 307 g/mol. The standard InChI is InChI=1S/C17H13N3O3/c1-10(21)11-6-8-12(9-7-11)18-16(22)15-13-4-2-3-5-14(13)19-17(23)20-15/h2-9H,1H3,(H,18,22)(H,19,20,23). The van der Waals surface area contributed by atoms with Crippen LogP contribution < -0.4 is 11.0 Å². The number of amides is 1. The highest BCUT2D eigenvalue weighted by molar-refractivity contribution is 6.10. The van der Waals surface area contributed by atoms with E-state index in [1.165, 1.54) is 6.92 Å². The van der Waals surface area contributed by atoms with Crippen molar-refractivity contribution in [3.8, 4) is 0 Å². The Balaban J connectivity index is 1.94. The predicted octanol–water partition coefficient (Wildman–Crippen LogP) is 2.38. The Morgan fingerprint density at radius 1 is 1.04 bits per heavy atom. The molecule has 2 N–H and O–H groups in total. The van der Waals surface area contributed by atoms with E-state index in [2.05, 4.69) is 15.3 Å².